The molecule has 7 heteroatoms. The second-order valence-electron chi connectivity index (χ2n) is 4.35. The molecule has 2 aromatic heterocycles. The molecule has 2 heterocycles. The average molecular weight is 288 g/mol. The highest BCUT2D eigenvalue weighted by atomic mass is 35.5. The quantitative estimate of drug-likeness (QED) is 0.917. The standard InChI is InChI=1S/C12H18FN5.ClH/c1-9-8-18(5-4-13)16-12(9)14-6-11-7-15-17(3)10(11)2;/h7-8H,4-6H2,1-3H3,(H,14,16);1H. The number of alkyl halides is 1. The first-order valence-electron chi connectivity index (χ1n) is 5.93. The van der Waals surface area contributed by atoms with Crippen LogP contribution in [0.1, 0.15) is 16.8 Å². The van der Waals surface area contributed by atoms with Crippen LogP contribution in [0.4, 0.5) is 10.2 Å². The molecule has 19 heavy (non-hydrogen) atoms. The molecule has 0 aliphatic rings. The van der Waals surface area contributed by atoms with E-state index in [1.54, 1.807) is 4.68 Å². The van der Waals surface area contributed by atoms with Crippen LogP contribution in [0, 0.1) is 13.8 Å². The lowest BCUT2D eigenvalue weighted by molar-refractivity contribution is 0.427. The number of hydrogen-bond acceptors (Lipinski definition) is 3. The van der Waals surface area contributed by atoms with Gasteiger partial charge in [-0.1, -0.05) is 0 Å². The monoisotopic (exact) mass is 287 g/mol. The zero-order chi connectivity index (χ0) is 13.1. The summed E-state index contributed by atoms with van der Waals surface area (Å²) in [4.78, 5) is 0. The van der Waals surface area contributed by atoms with Crippen LogP contribution < -0.4 is 5.32 Å². The van der Waals surface area contributed by atoms with Gasteiger partial charge in [0.05, 0.1) is 12.7 Å². The van der Waals surface area contributed by atoms with Crippen molar-refractivity contribution in [3.63, 3.8) is 0 Å². The molecule has 2 rings (SSSR count). The second kappa shape index (κ2) is 6.56. The lowest BCUT2D eigenvalue weighted by Crippen LogP contribution is -2.04. The highest BCUT2D eigenvalue weighted by Crippen LogP contribution is 2.14. The van der Waals surface area contributed by atoms with Crippen molar-refractivity contribution in [1.29, 1.82) is 0 Å². The molecule has 0 amide bonds. The van der Waals surface area contributed by atoms with Crippen molar-refractivity contribution in [3.05, 3.63) is 29.2 Å². The van der Waals surface area contributed by atoms with Gasteiger partial charge in [0.2, 0.25) is 0 Å². The third kappa shape index (κ3) is 3.47. The van der Waals surface area contributed by atoms with Crippen molar-refractivity contribution < 1.29 is 4.39 Å². The molecule has 106 valence electrons. The van der Waals surface area contributed by atoms with E-state index in [4.69, 9.17) is 0 Å². The molecule has 0 spiro atoms. The smallest absolute Gasteiger partial charge is 0.151 e. The molecule has 0 aliphatic carbocycles. The molecule has 0 saturated carbocycles. The summed E-state index contributed by atoms with van der Waals surface area (Å²) >= 11 is 0. The van der Waals surface area contributed by atoms with Crippen molar-refractivity contribution in [2.75, 3.05) is 12.0 Å². The third-order valence-electron chi connectivity index (χ3n) is 3.04. The molecule has 0 atom stereocenters. The summed E-state index contributed by atoms with van der Waals surface area (Å²) < 4.78 is 15.7. The molecule has 0 saturated heterocycles. The van der Waals surface area contributed by atoms with Gasteiger partial charge in [0, 0.05) is 36.6 Å². The van der Waals surface area contributed by atoms with Gasteiger partial charge < -0.3 is 5.32 Å². The summed E-state index contributed by atoms with van der Waals surface area (Å²) in [6.45, 7) is 4.56. The Morgan fingerprint density at radius 2 is 2.11 bits per heavy atom. The Balaban J connectivity index is 0.00000180. The first-order chi connectivity index (χ1) is 8.61. The van der Waals surface area contributed by atoms with Crippen LogP contribution in [-0.2, 0) is 20.1 Å². The summed E-state index contributed by atoms with van der Waals surface area (Å²) in [5.41, 5.74) is 3.28. The van der Waals surface area contributed by atoms with Crippen molar-refractivity contribution in [2.45, 2.75) is 26.9 Å². The minimum atomic E-state index is -0.401. The summed E-state index contributed by atoms with van der Waals surface area (Å²) in [5.74, 6) is 0.798. The van der Waals surface area contributed by atoms with E-state index in [-0.39, 0.29) is 12.4 Å². The maximum absolute atomic E-state index is 12.2. The van der Waals surface area contributed by atoms with Crippen LogP contribution in [0.15, 0.2) is 12.4 Å². The predicted molar refractivity (Wildman–Crippen MR) is 75.5 cm³/mol. The Bertz CT molecular complexity index is 534. The first kappa shape index (κ1) is 15.5. The average Bonchev–Trinajstić information content (AvgIpc) is 2.83. The summed E-state index contributed by atoms with van der Waals surface area (Å²) in [5, 5.41) is 11.7. The van der Waals surface area contributed by atoms with Gasteiger partial charge in [-0.2, -0.15) is 10.2 Å². The fraction of sp³-hybridized carbons (Fsp3) is 0.500. The van der Waals surface area contributed by atoms with Crippen LogP contribution in [0.2, 0.25) is 0 Å². The zero-order valence-corrected chi connectivity index (χ0v) is 12.2. The fourth-order valence-electron chi connectivity index (χ4n) is 1.79. The first-order valence-corrected chi connectivity index (χ1v) is 5.93. The van der Waals surface area contributed by atoms with E-state index in [9.17, 15) is 4.39 Å². The van der Waals surface area contributed by atoms with Crippen LogP contribution >= 0.6 is 12.4 Å². The number of hydrogen-bond donors (Lipinski definition) is 1. The number of nitrogens with zero attached hydrogens (tertiary/aromatic N) is 4. The number of anilines is 1. The van der Waals surface area contributed by atoms with E-state index in [1.807, 2.05) is 38.0 Å². The minimum absolute atomic E-state index is 0. The van der Waals surface area contributed by atoms with E-state index in [1.165, 1.54) is 0 Å². The molecule has 0 bridgehead atoms. The van der Waals surface area contributed by atoms with Crippen LogP contribution in [0.25, 0.3) is 0 Å². The van der Waals surface area contributed by atoms with Crippen molar-refractivity contribution >= 4 is 18.2 Å². The van der Waals surface area contributed by atoms with E-state index in [0.717, 1.165) is 22.6 Å². The second-order valence-corrected chi connectivity index (χ2v) is 4.35. The van der Waals surface area contributed by atoms with Crippen molar-refractivity contribution in [3.8, 4) is 0 Å². The van der Waals surface area contributed by atoms with Crippen LogP contribution in [0.3, 0.4) is 0 Å². The molecule has 5 nitrogen and oxygen atoms in total. The molecule has 0 fully saturated rings. The largest absolute Gasteiger partial charge is 0.364 e. The van der Waals surface area contributed by atoms with Gasteiger partial charge in [0.1, 0.15) is 6.67 Å². The summed E-state index contributed by atoms with van der Waals surface area (Å²) in [6, 6.07) is 0. The minimum Gasteiger partial charge on any atom is -0.364 e. The van der Waals surface area contributed by atoms with Gasteiger partial charge in [0.25, 0.3) is 0 Å². The Kier molecular flexibility index (Phi) is 5.35. The zero-order valence-electron chi connectivity index (χ0n) is 11.4. The van der Waals surface area contributed by atoms with Gasteiger partial charge in [-0.05, 0) is 13.8 Å². The van der Waals surface area contributed by atoms with Gasteiger partial charge in [-0.3, -0.25) is 9.36 Å². The summed E-state index contributed by atoms with van der Waals surface area (Å²) in [7, 11) is 1.92. The lowest BCUT2D eigenvalue weighted by atomic mass is 10.2. The molecular weight excluding hydrogens is 269 g/mol. The number of aryl methyl sites for hydroxylation is 3. The third-order valence-corrected chi connectivity index (χ3v) is 3.04. The fourth-order valence-corrected chi connectivity index (χ4v) is 1.79. The normalized spacial score (nSPS) is 10.3. The Morgan fingerprint density at radius 1 is 1.37 bits per heavy atom. The Labute approximate surface area is 118 Å². The Morgan fingerprint density at radius 3 is 2.68 bits per heavy atom. The molecule has 0 aliphatic heterocycles. The molecule has 0 unspecified atom stereocenters. The molecular formula is C12H19ClFN5. The lowest BCUT2D eigenvalue weighted by Gasteiger charge is -2.04. The van der Waals surface area contributed by atoms with E-state index < -0.39 is 6.67 Å². The van der Waals surface area contributed by atoms with Crippen molar-refractivity contribution in [1.82, 2.24) is 19.6 Å². The van der Waals surface area contributed by atoms with Gasteiger partial charge >= 0.3 is 0 Å². The van der Waals surface area contributed by atoms with E-state index in [2.05, 4.69) is 15.5 Å². The highest BCUT2D eigenvalue weighted by molar-refractivity contribution is 5.85. The number of aromatic nitrogens is 4. The molecule has 0 radical (unpaired) electrons. The summed E-state index contributed by atoms with van der Waals surface area (Å²) in [6.07, 6.45) is 3.69. The molecule has 2 aromatic rings. The van der Waals surface area contributed by atoms with Gasteiger partial charge in [-0.25, -0.2) is 4.39 Å². The van der Waals surface area contributed by atoms with E-state index >= 15 is 0 Å². The number of nitrogens with one attached hydrogen (secondary N) is 1. The van der Waals surface area contributed by atoms with E-state index in [0.29, 0.717) is 13.1 Å². The van der Waals surface area contributed by atoms with Crippen LogP contribution in [-0.4, -0.2) is 26.2 Å². The van der Waals surface area contributed by atoms with Gasteiger partial charge in [-0.15, -0.1) is 12.4 Å². The SMILES string of the molecule is Cc1cn(CCF)nc1NCc1cnn(C)c1C.Cl. The highest BCUT2D eigenvalue weighted by Gasteiger charge is 2.07. The predicted octanol–water partition coefficient (Wildman–Crippen LogP) is 2.24. The molecule has 0 aromatic carbocycles. The van der Waals surface area contributed by atoms with Crippen molar-refractivity contribution in [2.24, 2.45) is 7.05 Å². The topological polar surface area (TPSA) is 47.7 Å². The maximum atomic E-state index is 12.2. The van der Waals surface area contributed by atoms with Crippen LogP contribution in [0.5, 0.6) is 0 Å². The maximum Gasteiger partial charge on any atom is 0.151 e. The van der Waals surface area contributed by atoms with Gasteiger partial charge in [0.15, 0.2) is 5.82 Å². The number of halogens is 2. The Hall–Kier alpha value is -1.56. The molecule has 1 N–H and O–H groups in total. The number of rotatable bonds is 5.